The molecular formula is C27H35N7O2. The minimum atomic E-state index is -0.254. The largest absolute Gasteiger partial charge is 0.370 e. The molecule has 0 amide bonds. The van der Waals surface area contributed by atoms with Crippen LogP contribution in [0.4, 0.5) is 17.5 Å². The van der Waals surface area contributed by atoms with Crippen LogP contribution in [0.1, 0.15) is 74.8 Å². The number of carbonyl (C=O) groups excluding carboxylic acids is 1. The van der Waals surface area contributed by atoms with Gasteiger partial charge in [0.25, 0.3) is 5.56 Å². The van der Waals surface area contributed by atoms with E-state index in [1.807, 2.05) is 18.3 Å². The fourth-order valence-electron chi connectivity index (χ4n) is 5.67. The van der Waals surface area contributed by atoms with Crippen molar-refractivity contribution >= 4 is 34.3 Å². The molecule has 2 aliphatic rings. The lowest BCUT2D eigenvalue weighted by Gasteiger charge is -2.27. The van der Waals surface area contributed by atoms with E-state index in [4.69, 9.17) is 10.7 Å². The average Bonchev–Trinajstić information content (AvgIpc) is 3.52. The highest BCUT2D eigenvalue weighted by Gasteiger charge is 2.32. The molecule has 0 radical (unpaired) electrons. The summed E-state index contributed by atoms with van der Waals surface area (Å²) in [4.78, 5) is 41.8. The van der Waals surface area contributed by atoms with Gasteiger partial charge in [-0.05, 0) is 70.6 Å². The molecule has 2 fully saturated rings. The molecule has 1 unspecified atom stereocenters. The number of aryl methyl sites for hydroxylation is 1. The lowest BCUT2D eigenvalue weighted by atomic mass is 9.88. The number of fused-ring (bicyclic) bond motifs is 1. The van der Waals surface area contributed by atoms with Gasteiger partial charge in [-0.15, -0.1) is 0 Å². The molecule has 0 aromatic carbocycles. The Morgan fingerprint density at radius 2 is 1.89 bits per heavy atom. The first kappa shape index (κ1) is 24.4. The van der Waals surface area contributed by atoms with Crippen LogP contribution in [0.5, 0.6) is 0 Å². The van der Waals surface area contributed by atoms with Gasteiger partial charge in [0, 0.05) is 36.3 Å². The maximum absolute atomic E-state index is 13.4. The van der Waals surface area contributed by atoms with E-state index in [9.17, 15) is 9.59 Å². The Morgan fingerprint density at radius 1 is 1.14 bits per heavy atom. The Balaban J connectivity index is 1.44. The number of aromatic nitrogens is 4. The van der Waals surface area contributed by atoms with Gasteiger partial charge in [-0.3, -0.25) is 14.2 Å². The summed E-state index contributed by atoms with van der Waals surface area (Å²) >= 11 is 0. The molecule has 3 aromatic heterocycles. The third kappa shape index (κ3) is 4.48. The predicted molar refractivity (Wildman–Crippen MR) is 142 cm³/mol. The summed E-state index contributed by atoms with van der Waals surface area (Å²) in [5, 5.41) is 3.92. The lowest BCUT2D eigenvalue weighted by Crippen LogP contribution is -2.42. The number of carbonyl (C=O) groups is 1. The number of hydrogen-bond acceptors (Lipinski definition) is 8. The summed E-state index contributed by atoms with van der Waals surface area (Å²) in [7, 11) is 0. The highest BCUT2D eigenvalue weighted by atomic mass is 16.1. The van der Waals surface area contributed by atoms with Crippen LogP contribution < -0.4 is 21.5 Å². The monoisotopic (exact) mass is 489 g/mol. The summed E-state index contributed by atoms with van der Waals surface area (Å²) in [6.07, 6.45) is 8.57. The molecule has 0 bridgehead atoms. The van der Waals surface area contributed by atoms with Crippen LogP contribution in [0.15, 0.2) is 29.3 Å². The fourth-order valence-corrected chi connectivity index (χ4v) is 5.67. The smallest absolute Gasteiger partial charge is 0.263 e. The SMILES string of the molecule is CC(=O)c1c(C)c2cnc(Nc3ccc(N4CCC(C(C)(C)N)C4)cn3)nc2n(C2CCCC2)c1=O. The van der Waals surface area contributed by atoms with Crippen LogP contribution in [0.25, 0.3) is 11.0 Å². The molecule has 36 heavy (non-hydrogen) atoms. The van der Waals surface area contributed by atoms with E-state index >= 15 is 0 Å². The Morgan fingerprint density at radius 3 is 2.50 bits per heavy atom. The van der Waals surface area contributed by atoms with Crippen molar-refractivity contribution < 1.29 is 4.79 Å². The second-order valence-electron chi connectivity index (χ2n) is 10.9. The standard InChI is InChI=1S/C27H35N7O2/c1-16-21-14-30-26(32-24(21)34(19-7-5-6-8-19)25(36)23(16)17(2)35)31-22-10-9-20(13-29-22)33-12-11-18(15-33)27(3,4)28/h9-10,13-14,18-19H,5-8,11-12,15,28H2,1-4H3,(H,29,30,31,32). The second kappa shape index (κ2) is 9.28. The first-order valence-electron chi connectivity index (χ1n) is 12.8. The van der Waals surface area contributed by atoms with E-state index in [0.717, 1.165) is 56.3 Å². The van der Waals surface area contributed by atoms with Crippen molar-refractivity contribution in [2.45, 2.75) is 71.4 Å². The molecular weight excluding hydrogens is 454 g/mol. The van der Waals surface area contributed by atoms with E-state index in [-0.39, 0.29) is 28.5 Å². The van der Waals surface area contributed by atoms with Crippen molar-refractivity contribution in [3.8, 4) is 0 Å². The van der Waals surface area contributed by atoms with Crippen LogP contribution >= 0.6 is 0 Å². The van der Waals surface area contributed by atoms with E-state index in [1.165, 1.54) is 6.92 Å². The van der Waals surface area contributed by atoms with Gasteiger partial charge in [0.2, 0.25) is 5.95 Å². The van der Waals surface area contributed by atoms with Crippen molar-refractivity contribution in [1.29, 1.82) is 0 Å². The zero-order chi connectivity index (χ0) is 25.6. The molecule has 9 nitrogen and oxygen atoms in total. The quantitative estimate of drug-likeness (QED) is 0.496. The Kier molecular flexibility index (Phi) is 6.28. The highest BCUT2D eigenvalue weighted by Crippen LogP contribution is 2.32. The van der Waals surface area contributed by atoms with Crippen LogP contribution in [0.2, 0.25) is 0 Å². The molecule has 3 aromatic rings. The van der Waals surface area contributed by atoms with Gasteiger partial charge >= 0.3 is 0 Å². The number of pyridine rings is 2. The molecule has 4 heterocycles. The molecule has 1 saturated heterocycles. The highest BCUT2D eigenvalue weighted by molar-refractivity contribution is 5.99. The van der Waals surface area contributed by atoms with Gasteiger partial charge in [-0.25, -0.2) is 9.97 Å². The number of rotatable bonds is 6. The van der Waals surface area contributed by atoms with Crippen molar-refractivity contribution in [2.75, 3.05) is 23.3 Å². The number of anilines is 3. The second-order valence-corrected chi connectivity index (χ2v) is 10.9. The molecule has 1 saturated carbocycles. The summed E-state index contributed by atoms with van der Waals surface area (Å²) in [5.41, 5.74) is 8.37. The lowest BCUT2D eigenvalue weighted by molar-refractivity contribution is 0.101. The van der Waals surface area contributed by atoms with Gasteiger partial charge in [-0.2, -0.15) is 4.98 Å². The number of Topliss-reactive ketones (excluding diaryl/α,β-unsaturated/α-hetero) is 1. The van der Waals surface area contributed by atoms with Crippen molar-refractivity contribution in [3.05, 3.63) is 46.0 Å². The minimum Gasteiger partial charge on any atom is -0.370 e. The van der Waals surface area contributed by atoms with E-state index in [1.54, 1.807) is 17.7 Å². The fraction of sp³-hybridized carbons (Fsp3) is 0.519. The third-order valence-electron chi connectivity index (χ3n) is 7.84. The summed E-state index contributed by atoms with van der Waals surface area (Å²) in [6.45, 7) is 9.31. The number of nitrogens with two attached hydrogens (primary N) is 1. The maximum Gasteiger partial charge on any atom is 0.263 e. The predicted octanol–water partition coefficient (Wildman–Crippen LogP) is 4.12. The van der Waals surface area contributed by atoms with E-state index in [0.29, 0.717) is 28.9 Å². The number of hydrogen-bond donors (Lipinski definition) is 2. The maximum atomic E-state index is 13.4. The topological polar surface area (TPSA) is 119 Å². The molecule has 1 aliphatic carbocycles. The Hall–Kier alpha value is -3.33. The van der Waals surface area contributed by atoms with Gasteiger partial charge in [0.1, 0.15) is 11.5 Å². The van der Waals surface area contributed by atoms with Crippen LogP contribution in [0.3, 0.4) is 0 Å². The molecule has 9 heteroatoms. The number of nitrogens with zero attached hydrogens (tertiary/aromatic N) is 5. The first-order chi connectivity index (χ1) is 17.1. The summed E-state index contributed by atoms with van der Waals surface area (Å²) in [5.74, 6) is 1.22. The van der Waals surface area contributed by atoms with Gasteiger partial charge in [-0.1, -0.05) is 12.8 Å². The normalized spacial score (nSPS) is 18.8. The van der Waals surface area contributed by atoms with Gasteiger partial charge in [0.05, 0.1) is 17.4 Å². The molecule has 3 N–H and O–H groups in total. The average molecular weight is 490 g/mol. The van der Waals surface area contributed by atoms with Crippen molar-refractivity contribution in [1.82, 2.24) is 19.5 Å². The van der Waals surface area contributed by atoms with E-state index < -0.39 is 0 Å². The first-order valence-corrected chi connectivity index (χ1v) is 12.8. The zero-order valence-electron chi connectivity index (χ0n) is 21.5. The molecule has 0 spiro atoms. The van der Waals surface area contributed by atoms with Gasteiger partial charge < -0.3 is 16.0 Å². The molecule has 1 atom stereocenters. The van der Waals surface area contributed by atoms with Gasteiger partial charge in [0.15, 0.2) is 5.78 Å². The Labute approximate surface area is 211 Å². The van der Waals surface area contributed by atoms with Crippen LogP contribution in [-0.2, 0) is 0 Å². The zero-order valence-corrected chi connectivity index (χ0v) is 21.5. The van der Waals surface area contributed by atoms with Crippen LogP contribution in [-0.4, -0.2) is 43.9 Å². The molecule has 1 aliphatic heterocycles. The summed E-state index contributed by atoms with van der Waals surface area (Å²) < 4.78 is 1.72. The Bertz CT molecular complexity index is 1350. The number of nitrogens with one attached hydrogen (secondary N) is 1. The van der Waals surface area contributed by atoms with E-state index in [2.05, 4.69) is 34.0 Å². The molecule has 190 valence electrons. The molecule has 5 rings (SSSR count). The van der Waals surface area contributed by atoms with Crippen molar-refractivity contribution in [3.63, 3.8) is 0 Å². The number of ketones is 1. The minimum absolute atomic E-state index is 0.0432. The summed E-state index contributed by atoms with van der Waals surface area (Å²) in [6, 6.07) is 4.00. The van der Waals surface area contributed by atoms with Crippen molar-refractivity contribution in [2.24, 2.45) is 11.7 Å². The van der Waals surface area contributed by atoms with Crippen LogP contribution in [0, 0.1) is 12.8 Å². The third-order valence-corrected chi connectivity index (χ3v) is 7.84.